The molecular weight excluding hydrogens is 375 g/mol. The van der Waals surface area contributed by atoms with Crippen molar-refractivity contribution in [3.05, 3.63) is 52.5 Å². The maximum atomic E-state index is 12.4. The molecular formula is C19H20Cl2N2O3. The van der Waals surface area contributed by atoms with E-state index in [4.69, 9.17) is 32.7 Å². The predicted molar refractivity (Wildman–Crippen MR) is 104 cm³/mol. The van der Waals surface area contributed by atoms with Crippen LogP contribution < -0.4 is 14.4 Å². The highest BCUT2D eigenvalue weighted by Crippen LogP contribution is 2.31. The number of anilines is 1. The van der Waals surface area contributed by atoms with Gasteiger partial charge in [-0.2, -0.15) is 0 Å². The van der Waals surface area contributed by atoms with Crippen LogP contribution in [0.1, 0.15) is 0 Å². The molecule has 3 rings (SSSR count). The summed E-state index contributed by atoms with van der Waals surface area (Å²) >= 11 is 12.0. The van der Waals surface area contributed by atoms with Crippen LogP contribution in [0.15, 0.2) is 42.5 Å². The maximum Gasteiger partial charge on any atom is 0.260 e. The second-order valence-corrected chi connectivity index (χ2v) is 6.69. The van der Waals surface area contributed by atoms with Crippen LogP contribution in [-0.4, -0.2) is 50.7 Å². The zero-order valence-corrected chi connectivity index (χ0v) is 16.0. The van der Waals surface area contributed by atoms with Crippen molar-refractivity contribution in [2.45, 2.75) is 0 Å². The van der Waals surface area contributed by atoms with Crippen molar-refractivity contribution >= 4 is 34.8 Å². The number of carbonyl (C=O) groups is 1. The monoisotopic (exact) mass is 394 g/mol. The van der Waals surface area contributed by atoms with Crippen LogP contribution in [-0.2, 0) is 4.79 Å². The molecule has 0 aliphatic carbocycles. The third-order valence-electron chi connectivity index (χ3n) is 4.34. The molecule has 0 aromatic heterocycles. The van der Waals surface area contributed by atoms with Gasteiger partial charge in [0.15, 0.2) is 6.61 Å². The van der Waals surface area contributed by atoms with Crippen LogP contribution in [0.3, 0.4) is 0 Å². The molecule has 1 heterocycles. The summed E-state index contributed by atoms with van der Waals surface area (Å²) in [6, 6.07) is 13.0. The molecule has 2 aromatic rings. The van der Waals surface area contributed by atoms with Crippen LogP contribution >= 0.6 is 23.2 Å². The average molecular weight is 395 g/mol. The Bertz CT molecular complexity index is 760. The molecule has 1 aliphatic rings. The van der Waals surface area contributed by atoms with Gasteiger partial charge >= 0.3 is 0 Å². The van der Waals surface area contributed by atoms with Crippen molar-refractivity contribution in [1.82, 2.24) is 4.90 Å². The molecule has 0 N–H and O–H groups in total. The minimum atomic E-state index is -0.0598. The Morgan fingerprint density at radius 3 is 2.38 bits per heavy atom. The Hall–Kier alpha value is -2.11. The van der Waals surface area contributed by atoms with Crippen molar-refractivity contribution in [3.8, 4) is 11.5 Å². The lowest BCUT2D eigenvalue weighted by atomic mass is 10.2. The van der Waals surface area contributed by atoms with Crippen LogP contribution in [0.4, 0.5) is 5.69 Å². The molecule has 0 atom stereocenters. The van der Waals surface area contributed by atoms with Gasteiger partial charge in [-0.1, -0.05) is 29.3 Å². The van der Waals surface area contributed by atoms with E-state index in [-0.39, 0.29) is 12.5 Å². The van der Waals surface area contributed by atoms with Gasteiger partial charge in [-0.15, -0.1) is 0 Å². The first-order chi connectivity index (χ1) is 12.6. The van der Waals surface area contributed by atoms with Crippen LogP contribution in [0.25, 0.3) is 0 Å². The van der Waals surface area contributed by atoms with Crippen molar-refractivity contribution in [2.24, 2.45) is 0 Å². The number of hydrogen-bond donors (Lipinski definition) is 0. The normalized spacial score (nSPS) is 14.3. The number of halogens is 2. The van der Waals surface area contributed by atoms with Crippen molar-refractivity contribution in [2.75, 3.05) is 44.8 Å². The van der Waals surface area contributed by atoms with Crippen LogP contribution in [0.2, 0.25) is 10.0 Å². The fourth-order valence-corrected chi connectivity index (χ4v) is 3.18. The zero-order chi connectivity index (χ0) is 18.5. The molecule has 1 amide bonds. The molecule has 1 fully saturated rings. The summed E-state index contributed by atoms with van der Waals surface area (Å²) in [5.74, 6) is 1.19. The van der Waals surface area contributed by atoms with E-state index in [0.29, 0.717) is 28.9 Å². The molecule has 5 nitrogen and oxygen atoms in total. The lowest BCUT2D eigenvalue weighted by molar-refractivity contribution is -0.133. The molecule has 7 heteroatoms. The summed E-state index contributed by atoms with van der Waals surface area (Å²) in [5.41, 5.74) is 1.12. The van der Waals surface area contributed by atoms with E-state index in [1.807, 2.05) is 24.3 Å². The first-order valence-electron chi connectivity index (χ1n) is 8.32. The summed E-state index contributed by atoms with van der Waals surface area (Å²) in [4.78, 5) is 16.4. The first-order valence-corrected chi connectivity index (χ1v) is 9.07. The van der Waals surface area contributed by atoms with E-state index in [9.17, 15) is 4.79 Å². The minimum Gasteiger partial charge on any atom is -0.497 e. The van der Waals surface area contributed by atoms with E-state index in [1.165, 1.54) is 0 Å². The summed E-state index contributed by atoms with van der Waals surface area (Å²) in [7, 11) is 1.65. The number of ether oxygens (including phenoxy) is 2. The standard InChI is InChI=1S/C19H20Cl2N2O3/c1-25-15-7-5-14(6-8-15)22-9-11-23(12-10-22)18(24)13-26-17-4-2-3-16(20)19(17)21/h2-8H,9-13H2,1H3. The van der Waals surface area contributed by atoms with Gasteiger partial charge in [0, 0.05) is 31.9 Å². The van der Waals surface area contributed by atoms with Gasteiger partial charge in [-0.05, 0) is 36.4 Å². The Kier molecular flexibility index (Phi) is 6.12. The van der Waals surface area contributed by atoms with Crippen molar-refractivity contribution < 1.29 is 14.3 Å². The Balaban J connectivity index is 1.51. The van der Waals surface area contributed by atoms with Crippen LogP contribution in [0, 0.1) is 0 Å². The van der Waals surface area contributed by atoms with Gasteiger partial charge in [0.2, 0.25) is 0 Å². The second-order valence-electron chi connectivity index (χ2n) is 5.91. The van der Waals surface area contributed by atoms with Crippen molar-refractivity contribution in [1.29, 1.82) is 0 Å². The second kappa shape index (κ2) is 8.52. The molecule has 138 valence electrons. The average Bonchev–Trinajstić information content (AvgIpc) is 2.69. The lowest BCUT2D eigenvalue weighted by Gasteiger charge is -2.36. The first kappa shape index (κ1) is 18.7. The van der Waals surface area contributed by atoms with Gasteiger partial charge in [0.05, 0.1) is 12.1 Å². The summed E-state index contributed by atoms with van der Waals surface area (Å²) < 4.78 is 10.7. The molecule has 0 bridgehead atoms. The minimum absolute atomic E-state index is 0.0530. The molecule has 1 saturated heterocycles. The maximum absolute atomic E-state index is 12.4. The number of benzene rings is 2. The van der Waals surface area contributed by atoms with Gasteiger partial charge in [-0.25, -0.2) is 0 Å². The summed E-state index contributed by atoms with van der Waals surface area (Å²) in [5, 5.41) is 0.732. The quantitative estimate of drug-likeness (QED) is 0.774. The smallest absolute Gasteiger partial charge is 0.260 e. The molecule has 0 radical (unpaired) electrons. The van der Waals surface area contributed by atoms with E-state index in [1.54, 1.807) is 30.2 Å². The van der Waals surface area contributed by atoms with Gasteiger partial charge in [-0.3, -0.25) is 4.79 Å². The Labute approximate surface area is 163 Å². The van der Waals surface area contributed by atoms with E-state index < -0.39 is 0 Å². The fraction of sp³-hybridized carbons (Fsp3) is 0.316. The lowest BCUT2D eigenvalue weighted by Crippen LogP contribution is -2.50. The molecule has 0 saturated carbocycles. The highest BCUT2D eigenvalue weighted by Gasteiger charge is 2.22. The number of hydrogen-bond acceptors (Lipinski definition) is 4. The molecule has 0 spiro atoms. The summed E-state index contributed by atoms with van der Waals surface area (Å²) in [6.45, 7) is 2.80. The largest absolute Gasteiger partial charge is 0.497 e. The molecule has 1 aliphatic heterocycles. The topological polar surface area (TPSA) is 42.0 Å². The zero-order valence-electron chi connectivity index (χ0n) is 14.5. The number of nitrogens with zero attached hydrogens (tertiary/aromatic N) is 2. The van der Waals surface area contributed by atoms with Gasteiger partial charge < -0.3 is 19.3 Å². The Morgan fingerprint density at radius 2 is 1.73 bits per heavy atom. The third kappa shape index (κ3) is 4.34. The number of carbonyl (C=O) groups excluding carboxylic acids is 1. The molecule has 0 unspecified atom stereocenters. The fourth-order valence-electron chi connectivity index (χ4n) is 2.83. The SMILES string of the molecule is COc1ccc(N2CCN(C(=O)COc3cccc(Cl)c3Cl)CC2)cc1. The highest BCUT2D eigenvalue weighted by molar-refractivity contribution is 6.42. The number of rotatable bonds is 5. The third-order valence-corrected chi connectivity index (χ3v) is 5.14. The van der Waals surface area contributed by atoms with Gasteiger partial charge in [0.25, 0.3) is 5.91 Å². The number of methoxy groups -OCH3 is 1. The van der Waals surface area contributed by atoms with Crippen molar-refractivity contribution in [3.63, 3.8) is 0 Å². The van der Waals surface area contributed by atoms with E-state index in [2.05, 4.69) is 4.90 Å². The van der Waals surface area contributed by atoms with E-state index in [0.717, 1.165) is 24.5 Å². The summed E-state index contributed by atoms with van der Waals surface area (Å²) in [6.07, 6.45) is 0. The van der Waals surface area contributed by atoms with Crippen LogP contribution in [0.5, 0.6) is 11.5 Å². The number of amides is 1. The highest BCUT2D eigenvalue weighted by atomic mass is 35.5. The van der Waals surface area contributed by atoms with E-state index >= 15 is 0 Å². The number of piperazine rings is 1. The molecule has 2 aromatic carbocycles. The van der Waals surface area contributed by atoms with Gasteiger partial charge in [0.1, 0.15) is 16.5 Å². The predicted octanol–water partition coefficient (Wildman–Crippen LogP) is 3.73. The molecule has 26 heavy (non-hydrogen) atoms. The Morgan fingerprint density at radius 1 is 1.04 bits per heavy atom.